The summed E-state index contributed by atoms with van der Waals surface area (Å²) in [5.41, 5.74) is 11.1. The van der Waals surface area contributed by atoms with E-state index in [2.05, 4.69) is 143 Å². The highest BCUT2D eigenvalue weighted by Gasteiger charge is 2.20. The summed E-state index contributed by atoms with van der Waals surface area (Å²) in [7, 11) is 0. The van der Waals surface area contributed by atoms with Crippen molar-refractivity contribution in [3.8, 4) is 28.6 Å². The van der Waals surface area contributed by atoms with Crippen LogP contribution in [0.3, 0.4) is 0 Å². The standard InChI is InChI=1S/C43H25N3O/c44-26-27-17-22-30(39(25-27)46-37-14-6-1-9-31(37)32-10-2-7-15-38(32)46)28-18-20-29(21-19-28)45-36-13-5-3-11-33(36)34-23-24-41-42(43(34)45)35-12-4-8-16-40(35)47-41/h1-25H. The Hall–Kier alpha value is -6.57. The van der Waals surface area contributed by atoms with Crippen molar-refractivity contribution < 1.29 is 4.42 Å². The highest BCUT2D eigenvalue weighted by Crippen LogP contribution is 2.42. The van der Waals surface area contributed by atoms with Gasteiger partial charge >= 0.3 is 0 Å². The van der Waals surface area contributed by atoms with E-state index in [4.69, 9.17) is 4.42 Å². The predicted molar refractivity (Wildman–Crippen MR) is 193 cm³/mol. The summed E-state index contributed by atoms with van der Waals surface area (Å²) in [4.78, 5) is 0. The molecule has 0 fully saturated rings. The van der Waals surface area contributed by atoms with Gasteiger partial charge < -0.3 is 13.6 Å². The van der Waals surface area contributed by atoms with Crippen LogP contribution in [0.1, 0.15) is 5.56 Å². The molecule has 4 nitrogen and oxygen atoms in total. The molecule has 3 heterocycles. The summed E-state index contributed by atoms with van der Waals surface area (Å²) < 4.78 is 11.0. The fraction of sp³-hybridized carbons (Fsp3) is 0. The lowest BCUT2D eigenvalue weighted by atomic mass is 10.0. The summed E-state index contributed by atoms with van der Waals surface area (Å²) in [5, 5.41) is 16.9. The fourth-order valence-electron chi connectivity index (χ4n) is 7.54. The van der Waals surface area contributed by atoms with Gasteiger partial charge in [-0.1, -0.05) is 91.0 Å². The molecular formula is C43H25N3O. The third kappa shape index (κ3) is 3.63. The Kier molecular flexibility index (Phi) is 5.32. The average Bonchev–Trinajstić information content (AvgIpc) is 3.79. The minimum atomic E-state index is 0.629. The summed E-state index contributed by atoms with van der Waals surface area (Å²) in [6.07, 6.45) is 0. The van der Waals surface area contributed by atoms with Gasteiger partial charge in [-0.05, 0) is 66.2 Å². The number of para-hydroxylation sites is 4. The number of nitrogens with zero attached hydrogens (tertiary/aromatic N) is 3. The molecule has 7 aromatic carbocycles. The topological polar surface area (TPSA) is 46.8 Å². The zero-order chi connectivity index (χ0) is 31.1. The Morgan fingerprint density at radius 2 is 1.09 bits per heavy atom. The molecule has 0 saturated heterocycles. The Morgan fingerprint density at radius 1 is 0.489 bits per heavy atom. The first-order valence-electron chi connectivity index (χ1n) is 15.8. The summed E-state index contributed by atoms with van der Waals surface area (Å²) in [5.74, 6) is 0. The van der Waals surface area contributed by atoms with Crippen molar-refractivity contribution in [2.45, 2.75) is 0 Å². The molecular weight excluding hydrogens is 574 g/mol. The molecule has 0 bridgehead atoms. The van der Waals surface area contributed by atoms with Crippen LogP contribution in [0.2, 0.25) is 0 Å². The maximum absolute atomic E-state index is 9.92. The number of aromatic nitrogens is 2. The molecule has 10 aromatic rings. The number of furan rings is 1. The van der Waals surface area contributed by atoms with Crippen molar-refractivity contribution in [2.75, 3.05) is 0 Å². The van der Waals surface area contributed by atoms with Crippen LogP contribution in [0.15, 0.2) is 156 Å². The van der Waals surface area contributed by atoms with Crippen molar-refractivity contribution in [3.63, 3.8) is 0 Å². The van der Waals surface area contributed by atoms with Crippen LogP contribution in [0.4, 0.5) is 0 Å². The lowest BCUT2D eigenvalue weighted by Crippen LogP contribution is -1.99. The van der Waals surface area contributed by atoms with E-state index in [0.717, 1.165) is 66.5 Å². The maximum Gasteiger partial charge on any atom is 0.137 e. The Labute approximate surface area is 269 Å². The Bertz CT molecular complexity index is 2860. The van der Waals surface area contributed by atoms with Crippen LogP contribution in [0.5, 0.6) is 0 Å². The SMILES string of the molecule is N#Cc1ccc(-c2ccc(-n3c4ccccc4c4ccc5oc6ccccc6c5c43)cc2)c(-n2c3ccccc3c3ccccc32)c1. The second-order valence-electron chi connectivity index (χ2n) is 12.0. The van der Waals surface area contributed by atoms with Gasteiger partial charge in [0.1, 0.15) is 11.2 Å². The molecule has 0 aliphatic rings. The largest absolute Gasteiger partial charge is 0.456 e. The minimum absolute atomic E-state index is 0.629. The fourth-order valence-corrected chi connectivity index (χ4v) is 7.54. The predicted octanol–water partition coefficient (Wildman–Crippen LogP) is 11.3. The maximum atomic E-state index is 9.92. The van der Waals surface area contributed by atoms with Gasteiger partial charge in [0.2, 0.25) is 0 Å². The van der Waals surface area contributed by atoms with Gasteiger partial charge in [-0.25, -0.2) is 0 Å². The third-order valence-corrected chi connectivity index (χ3v) is 9.56. The molecule has 0 unspecified atom stereocenters. The van der Waals surface area contributed by atoms with Crippen LogP contribution in [0.25, 0.3) is 88.1 Å². The number of nitriles is 1. The van der Waals surface area contributed by atoms with Gasteiger partial charge in [-0.15, -0.1) is 0 Å². The van der Waals surface area contributed by atoms with Crippen LogP contribution >= 0.6 is 0 Å². The molecule has 218 valence electrons. The van der Waals surface area contributed by atoms with E-state index in [-0.39, 0.29) is 0 Å². The number of fused-ring (bicyclic) bond motifs is 10. The molecule has 47 heavy (non-hydrogen) atoms. The third-order valence-electron chi connectivity index (χ3n) is 9.56. The highest BCUT2D eigenvalue weighted by molar-refractivity contribution is 6.24. The van der Waals surface area contributed by atoms with Crippen molar-refractivity contribution >= 4 is 65.6 Å². The van der Waals surface area contributed by atoms with E-state index in [0.29, 0.717) is 5.56 Å². The molecule has 0 saturated carbocycles. The van der Waals surface area contributed by atoms with Crippen LogP contribution in [-0.4, -0.2) is 9.13 Å². The first-order chi connectivity index (χ1) is 23.3. The van der Waals surface area contributed by atoms with Crippen molar-refractivity contribution in [1.82, 2.24) is 9.13 Å². The molecule has 0 spiro atoms. The lowest BCUT2D eigenvalue weighted by molar-refractivity contribution is 0.669. The molecule has 4 heteroatoms. The highest BCUT2D eigenvalue weighted by atomic mass is 16.3. The second kappa shape index (κ2) is 9.71. The van der Waals surface area contributed by atoms with Gasteiger partial charge in [0.15, 0.2) is 0 Å². The molecule has 0 aliphatic heterocycles. The van der Waals surface area contributed by atoms with Crippen LogP contribution in [-0.2, 0) is 0 Å². The summed E-state index contributed by atoms with van der Waals surface area (Å²) in [6.45, 7) is 0. The van der Waals surface area contributed by atoms with Crippen molar-refractivity contribution in [3.05, 3.63) is 157 Å². The normalized spacial score (nSPS) is 11.8. The molecule has 0 atom stereocenters. The summed E-state index contributed by atoms with van der Waals surface area (Å²) in [6, 6.07) is 55.3. The van der Waals surface area contributed by atoms with Gasteiger partial charge in [0, 0.05) is 38.2 Å². The lowest BCUT2D eigenvalue weighted by Gasteiger charge is -2.15. The second-order valence-corrected chi connectivity index (χ2v) is 12.0. The molecule has 0 N–H and O–H groups in total. The van der Waals surface area contributed by atoms with Gasteiger partial charge in [-0.2, -0.15) is 5.26 Å². The molecule has 0 amide bonds. The minimum Gasteiger partial charge on any atom is -0.456 e. The summed E-state index contributed by atoms with van der Waals surface area (Å²) >= 11 is 0. The van der Waals surface area contributed by atoms with Crippen molar-refractivity contribution in [2.24, 2.45) is 0 Å². The zero-order valence-corrected chi connectivity index (χ0v) is 25.2. The van der Waals surface area contributed by atoms with Crippen molar-refractivity contribution in [1.29, 1.82) is 5.26 Å². The van der Waals surface area contributed by atoms with E-state index < -0.39 is 0 Å². The quantitative estimate of drug-likeness (QED) is 0.203. The first-order valence-corrected chi connectivity index (χ1v) is 15.8. The molecule has 0 aliphatic carbocycles. The van der Waals surface area contributed by atoms with Gasteiger partial charge in [-0.3, -0.25) is 0 Å². The van der Waals surface area contributed by atoms with E-state index in [1.165, 1.54) is 21.5 Å². The number of benzene rings is 7. The smallest absolute Gasteiger partial charge is 0.137 e. The molecule has 3 aromatic heterocycles. The molecule has 0 radical (unpaired) electrons. The van der Waals surface area contributed by atoms with Gasteiger partial charge in [0.25, 0.3) is 0 Å². The monoisotopic (exact) mass is 599 g/mol. The number of hydrogen-bond acceptors (Lipinski definition) is 2. The zero-order valence-electron chi connectivity index (χ0n) is 25.2. The van der Waals surface area contributed by atoms with E-state index in [1.807, 2.05) is 24.3 Å². The Balaban J connectivity index is 1.21. The number of rotatable bonds is 3. The first kappa shape index (κ1) is 25.7. The average molecular weight is 600 g/mol. The van der Waals surface area contributed by atoms with Gasteiger partial charge in [0.05, 0.1) is 44.8 Å². The van der Waals surface area contributed by atoms with E-state index >= 15 is 0 Å². The van der Waals surface area contributed by atoms with E-state index in [9.17, 15) is 5.26 Å². The van der Waals surface area contributed by atoms with Crippen LogP contribution < -0.4 is 0 Å². The molecule has 10 rings (SSSR count). The van der Waals surface area contributed by atoms with Crippen LogP contribution in [0, 0.1) is 11.3 Å². The number of hydrogen-bond donors (Lipinski definition) is 0. The Morgan fingerprint density at radius 3 is 1.77 bits per heavy atom. The van der Waals surface area contributed by atoms with E-state index in [1.54, 1.807) is 0 Å².